The van der Waals surface area contributed by atoms with Gasteiger partial charge >= 0.3 is 0 Å². The van der Waals surface area contributed by atoms with Gasteiger partial charge in [-0.3, -0.25) is 0 Å². The molecule has 0 N–H and O–H groups in total. The highest BCUT2D eigenvalue weighted by Gasteiger charge is 2.21. The second-order valence-electron chi connectivity index (χ2n) is 4.64. The molecule has 13 heavy (non-hydrogen) atoms. The molecule has 0 bridgehead atoms. The third-order valence-electron chi connectivity index (χ3n) is 2.67. The van der Waals surface area contributed by atoms with Gasteiger partial charge in [0.1, 0.15) is 0 Å². The van der Waals surface area contributed by atoms with Gasteiger partial charge in [-0.15, -0.1) is 0 Å². The molecular weight excluding hydrogens is 224 g/mol. The molecule has 0 spiro atoms. The quantitative estimate of drug-likeness (QED) is 0.674. The van der Waals surface area contributed by atoms with Crippen LogP contribution in [-0.4, -0.2) is 0 Å². The summed E-state index contributed by atoms with van der Waals surface area (Å²) >= 11 is 3.45. The fourth-order valence-electron chi connectivity index (χ4n) is 1.25. The van der Waals surface area contributed by atoms with Crippen LogP contribution in [0.15, 0.2) is 28.7 Å². The van der Waals surface area contributed by atoms with Crippen molar-refractivity contribution in [2.75, 3.05) is 0 Å². The summed E-state index contributed by atoms with van der Waals surface area (Å²) in [6, 6.07) is 8.61. The molecule has 0 saturated heterocycles. The van der Waals surface area contributed by atoms with Crippen molar-refractivity contribution in [3.05, 3.63) is 34.3 Å². The van der Waals surface area contributed by atoms with Crippen LogP contribution in [0.1, 0.15) is 39.2 Å². The molecular formula is C12H17Br. The van der Waals surface area contributed by atoms with Crippen LogP contribution in [0.3, 0.4) is 0 Å². The zero-order valence-corrected chi connectivity index (χ0v) is 10.4. The Kier molecular flexibility index (Phi) is 3.18. The lowest BCUT2D eigenvalue weighted by atomic mass is 9.78. The van der Waals surface area contributed by atoms with E-state index in [0.29, 0.717) is 11.3 Å². The van der Waals surface area contributed by atoms with E-state index in [1.807, 2.05) is 0 Å². The van der Waals surface area contributed by atoms with Crippen molar-refractivity contribution < 1.29 is 0 Å². The van der Waals surface area contributed by atoms with E-state index in [9.17, 15) is 0 Å². The minimum absolute atomic E-state index is 0.341. The van der Waals surface area contributed by atoms with E-state index in [1.165, 1.54) is 5.56 Å². The van der Waals surface area contributed by atoms with Crippen molar-refractivity contribution in [3.8, 4) is 0 Å². The maximum absolute atomic E-state index is 3.45. The van der Waals surface area contributed by atoms with Gasteiger partial charge in [-0.25, -0.2) is 0 Å². The predicted octanol–water partition coefficient (Wildman–Crippen LogP) is 4.60. The van der Waals surface area contributed by atoms with Crippen LogP contribution in [-0.2, 0) is 0 Å². The lowest BCUT2D eigenvalue weighted by Gasteiger charge is -2.27. The van der Waals surface area contributed by atoms with E-state index < -0.39 is 0 Å². The van der Waals surface area contributed by atoms with Gasteiger partial charge in [-0.05, 0) is 29.0 Å². The Bertz CT molecular complexity index is 266. The minimum Gasteiger partial charge on any atom is -0.0596 e. The molecule has 0 fully saturated rings. The number of rotatable bonds is 1. The van der Waals surface area contributed by atoms with Crippen molar-refractivity contribution in [3.63, 3.8) is 0 Å². The van der Waals surface area contributed by atoms with Gasteiger partial charge < -0.3 is 0 Å². The first-order valence-electron chi connectivity index (χ1n) is 4.67. The molecule has 0 heterocycles. The van der Waals surface area contributed by atoms with Gasteiger partial charge in [-0.1, -0.05) is 55.8 Å². The Morgan fingerprint density at radius 1 is 1.08 bits per heavy atom. The van der Waals surface area contributed by atoms with Crippen LogP contribution in [0.5, 0.6) is 0 Å². The summed E-state index contributed by atoms with van der Waals surface area (Å²) in [6.45, 7) is 9.11. The van der Waals surface area contributed by atoms with E-state index in [2.05, 4.69) is 67.9 Å². The average molecular weight is 241 g/mol. The summed E-state index contributed by atoms with van der Waals surface area (Å²) in [6.07, 6.45) is 0. The van der Waals surface area contributed by atoms with Crippen LogP contribution < -0.4 is 0 Å². The maximum Gasteiger partial charge on any atom is 0.0175 e. The Morgan fingerprint density at radius 3 is 1.92 bits per heavy atom. The Labute approximate surface area is 89.5 Å². The second-order valence-corrected chi connectivity index (χ2v) is 5.55. The van der Waals surface area contributed by atoms with Gasteiger partial charge in [0.25, 0.3) is 0 Å². The Morgan fingerprint density at radius 2 is 1.54 bits per heavy atom. The number of benzene rings is 1. The van der Waals surface area contributed by atoms with E-state index in [-0.39, 0.29) is 0 Å². The summed E-state index contributed by atoms with van der Waals surface area (Å²) in [5.41, 5.74) is 1.75. The molecule has 0 aliphatic heterocycles. The molecule has 0 nitrogen and oxygen atoms in total. The normalized spacial score (nSPS) is 14.2. The molecule has 1 aromatic rings. The van der Waals surface area contributed by atoms with E-state index >= 15 is 0 Å². The molecule has 0 saturated carbocycles. The first-order valence-corrected chi connectivity index (χ1v) is 5.46. The largest absolute Gasteiger partial charge is 0.0596 e. The van der Waals surface area contributed by atoms with Crippen molar-refractivity contribution in [1.82, 2.24) is 0 Å². The van der Waals surface area contributed by atoms with E-state index in [1.54, 1.807) is 0 Å². The molecule has 72 valence electrons. The summed E-state index contributed by atoms with van der Waals surface area (Å²) in [7, 11) is 0. The molecule has 1 aromatic carbocycles. The van der Waals surface area contributed by atoms with Crippen LogP contribution in [0.4, 0.5) is 0 Å². The van der Waals surface area contributed by atoms with Gasteiger partial charge in [0.2, 0.25) is 0 Å². The van der Waals surface area contributed by atoms with Crippen molar-refractivity contribution in [1.29, 1.82) is 0 Å². The molecule has 0 aromatic heterocycles. The second kappa shape index (κ2) is 3.83. The molecule has 0 radical (unpaired) electrons. The van der Waals surface area contributed by atoms with Crippen molar-refractivity contribution in [2.45, 2.75) is 33.6 Å². The highest BCUT2D eigenvalue weighted by Crippen LogP contribution is 2.34. The lowest BCUT2D eigenvalue weighted by Crippen LogP contribution is -2.14. The SMILES string of the molecule is CC(c1ccc(Br)cc1)C(C)(C)C. The topological polar surface area (TPSA) is 0 Å². The Hall–Kier alpha value is -0.300. The zero-order valence-electron chi connectivity index (χ0n) is 8.76. The molecule has 1 heteroatoms. The summed E-state index contributed by atoms with van der Waals surface area (Å²) in [4.78, 5) is 0. The van der Waals surface area contributed by atoms with Gasteiger partial charge in [0, 0.05) is 4.47 Å². The number of hydrogen-bond donors (Lipinski definition) is 0. The average Bonchev–Trinajstić information content (AvgIpc) is 2.03. The third kappa shape index (κ3) is 2.84. The van der Waals surface area contributed by atoms with Crippen molar-refractivity contribution >= 4 is 15.9 Å². The lowest BCUT2D eigenvalue weighted by molar-refractivity contribution is 0.339. The van der Waals surface area contributed by atoms with Crippen LogP contribution in [0, 0.1) is 5.41 Å². The maximum atomic E-state index is 3.45. The standard InChI is InChI=1S/C12H17Br/c1-9(12(2,3)4)10-5-7-11(13)8-6-10/h5-9H,1-4H3. The fourth-order valence-corrected chi connectivity index (χ4v) is 1.52. The summed E-state index contributed by atoms with van der Waals surface area (Å²) in [5.74, 6) is 0.598. The fraction of sp³-hybridized carbons (Fsp3) is 0.500. The van der Waals surface area contributed by atoms with E-state index in [4.69, 9.17) is 0 Å². The summed E-state index contributed by atoms with van der Waals surface area (Å²) in [5, 5.41) is 0. The zero-order chi connectivity index (χ0) is 10.1. The van der Waals surface area contributed by atoms with Crippen LogP contribution >= 0.6 is 15.9 Å². The molecule has 0 aliphatic carbocycles. The number of halogens is 1. The highest BCUT2D eigenvalue weighted by atomic mass is 79.9. The molecule has 1 atom stereocenters. The molecule has 0 amide bonds. The molecule has 1 unspecified atom stereocenters. The summed E-state index contributed by atoms with van der Waals surface area (Å²) < 4.78 is 1.15. The smallest absolute Gasteiger partial charge is 0.0175 e. The van der Waals surface area contributed by atoms with E-state index in [0.717, 1.165) is 4.47 Å². The first-order chi connectivity index (χ1) is 5.91. The molecule has 1 rings (SSSR count). The van der Waals surface area contributed by atoms with Gasteiger partial charge in [0.15, 0.2) is 0 Å². The third-order valence-corrected chi connectivity index (χ3v) is 3.20. The Balaban J connectivity index is 2.90. The van der Waals surface area contributed by atoms with Gasteiger partial charge in [0.05, 0.1) is 0 Å². The predicted molar refractivity (Wildman–Crippen MR) is 62.0 cm³/mol. The van der Waals surface area contributed by atoms with Crippen LogP contribution in [0.2, 0.25) is 0 Å². The van der Waals surface area contributed by atoms with Gasteiger partial charge in [-0.2, -0.15) is 0 Å². The van der Waals surface area contributed by atoms with Crippen molar-refractivity contribution in [2.24, 2.45) is 5.41 Å². The highest BCUT2D eigenvalue weighted by molar-refractivity contribution is 9.10. The number of hydrogen-bond acceptors (Lipinski definition) is 0. The van der Waals surface area contributed by atoms with Crippen LogP contribution in [0.25, 0.3) is 0 Å². The minimum atomic E-state index is 0.341. The first kappa shape index (κ1) is 10.8. The molecule has 0 aliphatic rings. The monoisotopic (exact) mass is 240 g/mol.